The van der Waals surface area contributed by atoms with Crippen molar-refractivity contribution >= 4 is 5.57 Å². The van der Waals surface area contributed by atoms with Gasteiger partial charge in [0, 0.05) is 41.5 Å². The van der Waals surface area contributed by atoms with E-state index >= 15 is 4.39 Å². The zero-order chi connectivity index (χ0) is 21.6. The van der Waals surface area contributed by atoms with Crippen LogP contribution in [-0.4, -0.2) is 47.6 Å². The van der Waals surface area contributed by atoms with Gasteiger partial charge in [-0.3, -0.25) is 0 Å². The van der Waals surface area contributed by atoms with Crippen LogP contribution in [0, 0.1) is 5.92 Å². The van der Waals surface area contributed by atoms with Crippen molar-refractivity contribution in [3.05, 3.63) is 55.5 Å². The zero-order valence-electron chi connectivity index (χ0n) is 17.4. The predicted molar refractivity (Wildman–Crippen MR) is 115 cm³/mol. The summed E-state index contributed by atoms with van der Waals surface area (Å²) in [6, 6.07) is 5.10. The largest absolute Gasteiger partial charge is 0.507 e. The number of imidazole rings is 1. The van der Waals surface area contributed by atoms with Gasteiger partial charge in [0.2, 0.25) is 0 Å². The maximum absolute atomic E-state index is 15.1. The maximum atomic E-state index is 15.1. The monoisotopic (exact) mass is 420 g/mol. The molecule has 160 valence electrons. The number of alkyl halides is 1. The fraction of sp³-hybridized carbons (Fsp3) is 0.391. The van der Waals surface area contributed by atoms with E-state index in [1.54, 1.807) is 41.6 Å². The Morgan fingerprint density at radius 3 is 2.94 bits per heavy atom. The number of piperidine rings is 2. The number of aromatic nitrogens is 5. The summed E-state index contributed by atoms with van der Waals surface area (Å²) in [7, 11) is 0. The van der Waals surface area contributed by atoms with Crippen molar-refractivity contribution in [1.29, 1.82) is 0 Å². The Morgan fingerprint density at radius 1 is 1.35 bits per heavy atom. The number of allylic oxidation sites excluding steroid dienone is 1. The van der Waals surface area contributed by atoms with Gasteiger partial charge in [-0.2, -0.15) is 0 Å². The smallest absolute Gasteiger partial charge is 0.177 e. The van der Waals surface area contributed by atoms with Crippen LogP contribution in [0.2, 0.25) is 0 Å². The zero-order valence-corrected chi connectivity index (χ0v) is 17.4. The average molecular weight is 420 g/mol. The minimum Gasteiger partial charge on any atom is -0.507 e. The van der Waals surface area contributed by atoms with Crippen LogP contribution in [0.3, 0.4) is 0 Å². The number of fused-ring (bicyclic) bond motifs is 2. The molecule has 2 aliphatic heterocycles. The van der Waals surface area contributed by atoms with Gasteiger partial charge in [0.05, 0.1) is 18.2 Å². The Morgan fingerprint density at radius 2 is 2.23 bits per heavy atom. The molecule has 2 aliphatic rings. The number of halogens is 1. The summed E-state index contributed by atoms with van der Waals surface area (Å²) >= 11 is 0. The summed E-state index contributed by atoms with van der Waals surface area (Å²) in [6.45, 7) is 6.28. The number of aromatic hydroxyl groups is 1. The lowest BCUT2D eigenvalue weighted by Crippen LogP contribution is -2.62. The molecule has 2 N–H and O–H groups in total. The summed E-state index contributed by atoms with van der Waals surface area (Å²) in [6.07, 6.45) is 9.26. The second-order valence-electron chi connectivity index (χ2n) is 8.82. The second-order valence-corrected chi connectivity index (χ2v) is 8.82. The number of benzene rings is 1. The lowest BCUT2D eigenvalue weighted by molar-refractivity contribution is 0.0523. The van der Waals surface area contributed by atoms with Crippen molar-refractivity contribution < 1.29 is 9.50 Å². The number of nitrogens with one attached hydrogen (secondary N) is 1. The first-order chi connectivity index (χ1) is 14.9. The van der Waals surface area contributed by atoms with E-state index in [-0.39, 0.29) is 23.2 Å². The molecule has 1 aromatic carbocycles. The van der Waals surface area contributed by atoms with E-state index < -0.39 is 6.17 Å². The average Bonchev–Trinajstić information content (AvgIpc) is 3.31. The molecule has 2 bridgehead atoms. The highest BCUT2D eigenvalue weighted by Crippen LogP contribution is 2.43. The lowest BCUT2D eigenvalue weighted by atomic mass is 9.69. The SMILES string of the molecule is C=C(c1ncc(-c2ccc(-n3ccnc3)cc2O)nn1)[C@@H]1C[C@@]2(C)CCC[C@H](N2)[C@@H]1F. The van der Waals surface area contributed by atoms with Gasteiger partial charge in [-0.25, -0.2) is 14.4 Å². The molecule has 8 heteroatoms. The van der Waals surface area contributed by atoms with Crippen molar-refractivity contribution in [3.8, 4) is 22.7 Å². The molecule has 4 heterocycles. The molecule has 2 saturated heterocycles. The first kappa shape index (κ1) is 19.8. The maximum Gasteiger partial charge on any atom is 0.177 e. The molecule has 2 fully saturated rings. The third-order valence-electron chi connectivity index (χ3n) is 6.57. The van der Waals surface area contributed by atoms with Gasteiger partial charge < -0.3 is 15.0 Å². The molecule has 0 saturated carbocycles. The molecule has 0 unspecified atom stereocenters. The number of hydrogen-bond acceptors (Lipinski definition) is 6. The van der Waals surface area contributed by atoms with Crippen LogP contribution in [0.1, 0.15) is 38.4 Å². The van der Waals surface area contributed by atoms with Crippen molar-refractivity contribution in [3.63, 3.8) is 0 Å². The van der Waals surface area contributed by atoms with E-state index in [4.69, 9.17) is 0 Å². The summed E-state index contributed by atoms with van der Waals surface area (Å²) in [4.78, 5) is 8.42. The number of phenols is 1. The predicted octanol–water partition coefficient (Wildman–Crippen LogP) is 3.70. The third kappa shape index (κ3) is 3.61. The van der Waals surface area contributed by atoms with Crippen molar-refractivity contribution in [1.82, 2.24) is 30.0 Å². The number of phenolic OH excluding ortho intramolecular Hbond substituents is 1. The first-order valence-corrected chi connectivity index (χ1v) is 10.6. The van der Waals surface area contributed by atoms with Crippen LogP contribution < -0.4 is 5.32 Å². The van der Waals surface area contributed by atoms with Crippen LogP contribution in [0.15, 0.2) is 49.7 Å². The van der Waals surface area contributed by atoms with E-state index in [1.165, 1.54) is 0 Å². The number of hydrogen-bond donors (Lipinski definition) is 2. The van der Waals surface area contributed by atoms with Gasteiger partial charge >= 0.3 is 0 Å². The van der Waals surface area contributed by atoms with Crippen LogP contribution in [0.4, 0.5) is 4.39 Å². The minimum absolute atomic E-state index is 0.0665. The van der Waals surface area contributed by atoms with E-state index in [1.807, 2.05) is 6.07 Å². The Hall–Kier alpha value is -3.13. The number of rotatable bonds is 4. The molecule has 5 rings (SSSR count). The summed E-state index contributed by atoms with van der Waals surface area (Å²) in [5, 5.41) is 22.4. The standard InChI is InChI=1S/C23H25FN6O/c1-14(17-11-23(2)7-3-4-18(27-23)21(17)24)22-26-12-19(28-29-22)16-6-5-15(10-20(16)31)30-9-8-25-13-30/h5-6,8-10,12-13,17-18,21,27,31H,1,3-4,7,11H2,2H3/t17-,18-,21+,23+/m0/s1. The summed E-state index contributed by atoms with van der Waals surface area (Å²) in [5.74, 6) is 0.0957. The van der Waals surface area contributed by atoms with Gasteiger partial charge in [-0.05, 0) is 50.3 Å². The van der Waals surface area contributed by atoms with E-state index in [2.05, 4.69) is 39.0 Å². The quantitative estimate of drug-likeness (QED) is 0.669. The highest BCUT2D eigenvalue weighted by Gasteiger charge is 2.47. The minimum atomic E-state index is -1.01. The normalized spacial score (nSPS) is 27.7. The molecule has 31 heavy (non-hydrogen) atoms. The van der Waals surface area contributed by atoms with Gasteiger partial charge in [0.25, 0.3) is 0 Å². The molecule has 0 aliphatic carbocycles. The molecule has 0 spiro atoms. The molecule has 7 nitrogen and oxygen atoms in total. The van der Waals surface area contributed by atoms with Gasteiger partial charge in [0.15, 0.2) is 5.82 Å². The van der Waals surface area contributed by atoms with Crippen LogP contribution in [-0.2, 0) is 0 Å². The van der Waals surface area contributed by atoms with Crippen molar-refractivity contribution in [2.45, 2.75) is 50.4 Å². The fourth-order valence-corrected chi connectivity index (χ4v) is 4.92. The Balaban J connectivity index is 1.37. The van der Waals surface area contributed by atoms with Crippen LogP contribution in [0.25, 0.3) is 22.5 Å². The molecular weight excluding hydrogens is 395 g/mol. The first-order valence-electron chi connectivity index (χ1n) is 10.6. The Bertz CT molecular complexity index is 1100. The topological polar surface area (TPSA) is 88.8 Å². The van der Waals surface area contributed by atoms with Crippen molar-refractivity contribution in [2.75, 3.05) is 0 Å². The molecule has 3 aromatic rings. The Kier molecular flexibility index (Phi) is 4.81. The highest BCUT2D eigenvalue weighted by atomic mass is 19.1. The summed E-state index contributed by atoms with van der Waals surface area (Å²) in [5.41, 5.74) is 2.26. The molecule has 4 atom stereocenters. The molecule has 0 amide bonds. The molecule has 2 aromatic heterocycles. The van der Waals surface area contributed by atoms with Crippen LogP contribution in [0.5, 0.6) is 5.75 Å². The Labute approximate surface area is 180 Å². The van der Waals surface area contributed by atoms with Gasteiger partial charge in [-0.1, -0.05) is 6.58 Å². The van der Waals surface area contributed by atoms with Crippen molar-refractivity contribution in [2.24, 2.45) is 5.92 Å². The van der Waals surface area contributed by atoms with Crippen LogP contribution >= 0.6 is 0 Å². The fourth-order valence-electron chi connectivity index (χ4n) is 4.92. The number of nitrogens with zero attached hydrogens (tertiary/aromatic N) is 5. The molecular formula is C23H25FN6O. The lowest BCUT2D eigenvalue weighted by Gasteiger charge is -2.49. The highest BCUT2D eigenvalue weighted by molar-refractivity contribution is 5.68. The van der Waals surface area contributed by atoms with Gasteiger partial charge in [0.1, 0.15) is 17.6 Å². The van der Waals surface area contributed by atoms with E-state index in [0.29, 0.717) is 29.1 Å². The summed E-state index contributed by atoms with van der Waals surface area (Å²) < 4.78 is 16.9. The van der Waals surface area contributed by atoms with E-state index in [9.17, 15) is 5.11 Å². The molecule has 0 radical (unpaired) electrons. The second kappa shape index (κ2) is 7.53. The third-order valence-corrected chi connectivity index (χ3v) is 6.57. The van der Waals surface area contributed by atoms with Gasteiger partial charge in [-0.15, -0.1) is 10.2 Å². The van der Waals surface area contributed by atoms with E-state index in [0.717, 1.165) is 24.9 Å².